The highest BCUT2D eigenvalue weighted by atomic mass is 32.1. The number of rotatable bonds is 2. The molecule has 4 heteroatoms. The second-order valence-corrected chi connectivity index (χ2v) is 2.81. The van der Waals surface area contributed by atoms with Gasteiger partial charge in [0.15, 0.2) is 0 Å². The maximum atomic E-state index is 5.00. The largest absolute Gasteiger partial charge is 0.741 e. The van der Waals surface area contributed by atoms with Gasteiger partial charge in [-0.15, -0.1) is 0 Å². The lowest BCUT2D eigenvalue weighted by Crippen LogP contribution is -2.29. The first kappa shape index (κ1) is 7.60. The van der Waals surface area contributed by atoms with Crippen LogP contribution in [-0.4, -0.2) is 35.3 Å². The Balaban J connectivity index is 2.43. The zero-order chi connectivity index (χ0) is 7.56. The molecule has 0 amide bonds. The molecular formula is C6H12N3S-. The van der Waals surface area contributed by atoms with Crippen LogP contribution in [-0.2, 0) is 12.6 Å². The molecule has 0 bridgehead atoms. The zero-order valence-corrected chi connectivity index (χ0v) is 7.19. The Hall–Kier alpha value is -0.510. The first-order chi connectivity index (χ1) is 4.74. The maximum Gasteiger partial charge on any atom is 0.106 e. The molecule has 0 unspecified atom stereocenters. The SMILES string of the molecule is CCCN1CN(C)N=C1[S-]. The summed E-state index contributed by atoms with van der Waals surface area (Å²) < 4.78 is 0. The van der Waals surface area contributed by atoms with Gasteiger partial charge in [0.05, 0.1) is 0 Å². The summed E-state index contributed by atoms with van der Waals surface area (Å²) in [5.74, 6) is 0. The lowest BCUT2D eigenvalue weighted by atomic mass is 10.4. The van der Waals surface area contributed by atoms with Crippen LogP contribution in [0.1, 0.15) is 13.3 Å². The van der Waals surface area contributed by atoms with E-state index < -0.39 is 0 Å². The molecule has 0 fully saturated rings. The minimum Gasteiger partial charge on any atom is -0.741 e. The Kier molecular flexibility index (Phi) is 2.32. The predicted molar refractivity (Wildman–Crippen MR) is 44.4 cm³/mol. The first-order valence-electron chi connectivity index (χ1n) is 3.45. The Morgan fingerprint density at radius 2 is 2.40 bits per heavy atom. The fourth-order valence-electron chi connectivity index (χ4n) is 0.985. The topological polar surface area (TPSA) is 18.8 Å². The summed E-state index contributed by atoms with van der Waals surface area (Å²) in [5, 5.41) is 6.67. The van der Waals surface area contributed by atoms with Crippen LogP contribution in [0, 0.1) is 0 Å². The predicted octanol–water partition coefficient (Wildman–Crippen LogP) is 0.419. The van der Waals surface area contributed by atoms with Crippen LogP contribution in [0.4, 0.5) is 0 Å². The number of nitrogens with zero attached hydrogens (tertiary/aromatic N) is 3. The third-order valence-corrected chi connectivity index (χ3v) is 1.74. The smallest absolute Gasteiger partial charge is 0.106 e. The second kappa shape index (κ2) is 3.05. The van der Waals surface area contributed by atoms with Crippen LogP contribution in [0.25, 0.3) is 0 Å². The highest BCUT2D eigenvalue weighted by Gasteiger charge is 2.09. The van der Waals surface area contributed by atoms with Crippen LogP contribution < -0.4 is 0 Å². The molecule has 1 rings (SSSR count). The van der Waals surface area contributed by atoms with E-state index in [9.17, 15) is 0 Å². The van der Waals surface area contributed by atoms with Crippen molar-refractivity contribution in [3.63, 3.8) is 0 Å². The van der Waals surface area contributed by atoms with E-state index in [1.807, 2.05) is 12.1 Å². The first-order valence-corrected chi connectivity index (χ1v) is 3.86. The third-order valence-electron chi connectivity index (χ3n) is 1.40. The minimum absolute atomic E-state index is 0.726. The van der Waals surface area contributed by atoms with Gasteiger partial charge in [-0.3, -0.25) is 5.01 Å². The molecule has 0 aromatic heterocycles. The number of hydrazone groups is 1. The van der Waals surface area contributed by atoms with Gasteiger partial charge in [0.1, 0.15) is 6.67 Å². The molecule has 3 nitrogen and oxygen atoms in total. The van der Waals surface area contributed by atoms with E-state index in [1.165, 1.54) is 0 Å². The van der Waals surface area contributed by atoms with Gasteiger partial charge in [0.25, 0.3) is 0 Å². The van der Waals surface area contributed by atoms with E-state index in [1.54, 1.807) is 0 Å². The normalized spacial score (nSPS) is 18.0. The molecule has 0 saturated carbocycles. The molecule has 0 saturated heterocycles. The van der Waals surface area contributed by atoms with Crippen molar-refractivity contribution in [2.45, 2.75) is 13.3 Å². The molecule has 0 aliphatic carbocycles. The maximum absolute atomic E-state index is 5.00. The fourth-order valence-corrected chi connectivity index (χ4v) is 1.27. The Morgan fingerprint density at radius 1 is 1.70 bits per heavy atom. The Bertz CT molecular complexity index is 146. The number of hydrogen-bond donors (Lipinski definition) is 0. The molecule has 0 radical (unpaired) electrons. The van der Waals surface area contributed by atoms with Crippen molar-refractivity contribution in [1.82, 2.24) is 9.91 Å². The average molecular weight is 158 g/mol. The third kappa shape index (κ3) is 1.50. The summed E-state index contributed by atoms with van der Waals surface area (Å²) in [6.45, 7) is 4.01. The monoisotopic (exact) mass is 158 g/mol. The molecule has 58 valence electrons. The van der Waals surface area contributed by atoms with E-state index >= 15 is 0 Å². The molecule has 1 heterocycles. The van der Waals surface area contributed by atoms with Crippen LogP contribution >= 0.6 is 0 Å². The molecule has 10 heavy (non-hydrogen) atoms. The van der Waals surface area contributed by atoms with Crippen LogP contribution in [0.5, 0.6) is 0 Å². The van der Waals surface area contributed by atoms with Crippen molar-refractivity contribution in [1.29, 1.82) is 0 Å². The van der Waals surface area contributed by atoms with Gasteiger partial charge in [-0.05, 0) is 6.42 Å². The molecule has 0 aromatic rings. The van der Waals surface area contributed by atoms with Crippen molar-refractivity contribution in [3.05, 3.63) is 0 Å². The van der Waals surface area contributed by atoms with Gasteiger partial charge in [-0.2, -0.15) is 5.10 Å². The summed E-state index contributed by atoms with van der Waals surface area (Å²) >= 11 is 5.00. The van der Waals surface area contributed by atoms with E-state index in [2.05, 4.69) is 16.9 Å². The fraction of sp³-hybridized carbons (Fsp3) is 0.833. The summed E-state index contributed by atoms with van der Waals surface area (Å²) in [6.07, 6.45) is 1.13. The summed E-state index contributed by atoms with van der Waals surface area (Å²) in [6, 6.07) is 0. The van der Waals surface area contributed by atoms with E-state index in [0.717, 1.165) is 24.8 Å². The van der Waals surface area contributed by atoms with Gasteiger partial charge in [-0.1, -0.05) is 6.92 Å². The molecular weight excluding hydrogens is 146 g/mol. The lowest BCUT2D eigenvalue weighted by Gasteiger charge is -2.22. The zero-order valence-electron chi connectivity index (χ0n) is 6.37. The minimum atomic E-state index is 0.726. The summed E-state index contributed by atoms with van der Waals surface area (Å²) in [4.78, 5) is 2.09. The molecule has 0 aromatic carbocycles. The van der Waals surface area contributed by atoms with Gasteiger partial charge in [-0.25, -0.2) is 0 Å². The van der Waals surface area contributed by atoms with Gasteiger partial charge in [0, 0.05) is 18.8 Å². The molecule has 1 aliphatic heterocycles. The molecule has 0 N–H and O–H groups in total. The van der Waals surface area contributed by atoms with E-state index in [-0.39, 0.29) is 0 Å². The number of hydrogen-bond acceptors (Lipinski definition) is 4. The Morgan fingerprint density at radius 3 is 2.80 bits per heavy atom. The van der Waals surface area contributed by atoms with Crippen molar-refractivity contribution in [2.24, 2.45) is 5.10 Å². The van der Waals surface area contributed by atoms with Crippen LogP contribution in [0.2, 0.25) is 0 Å². The van der Waals surface area contributed by atoms with Crippen molar-refractivity contribution >= 4 is 17.8 Å². The summed E-state index contributed by atoms with van der Waals surface area (Å²) in [5.41, 5.74) is 0. The van der Waals surface area contributed by atoms with Crippen LogP contribution in [0.3, 0.4) is 0 Å². The van der Waals surface area contributed by atoms with Crippen molar-refractivity contribution in [3.8, 4) is 0 Å². The highest BCUT2D eigenvalue weighted by molar-refractivity contribution is 7.77. The Labute approximate surface area is 67.1 Å². The highest BCUT2D eigenvalue weighted by Crippen LogP contribution is 2.04. The lowest BCUT2D eigenvalue weighted by molar-refractivity contribution is 0.277. The van der Waals surface area contributed by atoms with Crippen molar-refractivity contribution < 1.29 is 0 Å². The molecule has 0 spiro atoms. The van der Waals surface area contributed by atoms with Gasteiger partial charge >= 0.3 is 0 Å². The molecule has 1 aliphatic rings. The van der Waals surface area contributed by atoms with Gasteiger partial charge < -0.3 is 17.5 Å². The van der Waals surface area contributed by atoms with E-state index in [0.29, 0.717) is 0 Å². The van der Waals surface area contributed by atoms with E-state index in [4.69, 9.17) is 12.6 Å². The average Bonchev–Trinajstić information content (AvgIpc) is 2.13. The quantitative estimate of drug-likeness (QED) is 0.543. The second-order valence-electron chi connectivity index (χ2n) is 2.45. The number of amidine groups is 1. The van der Waals surface area contributed by atoms with Crippen molar-refractivity contribution in [2.75, 3.05) is 20.3 Å². The van der Waals surface area contributed by atoms with Crippen LogP contribution in [0.15, 0.2) is 5.10 Å². The molecule has 0 atom stereocenters. The van der Waals surface area contributed by atoms with Gasteiger partial charge in [0.2, 0.25) is 0 Å². The standard InChI is InChI=1S/C6H13N3S/c1-3-4-9-5-8(2)7-6(9)10/h3-5H2,1-2H3,(H,7,10)/p-1. The summed E-state index contributed by atoms with van der Waals surface area (Å²) in [7, 11) is 1.93.